The minimum Gasteiger partial charge on any atom is -0.406 e. The molecule has 0 amide bonds. The highest BCUT2D eigenvalue weighted by Crippen LogP contribution is 2.51. The van der Waals surface area contributed by atoms with E-state index < -0.39 is 23.5 Å². The SMILES string of the molecule is OC1(c2ccc(OC(F)(F)F)cc2F)CC2CCC(C1)S2. The maximum Gasteiger partial charge on any atom is 0.573 e. The number of halogens is 4. The molecule has 1 N–H and O–H groups in total. The van der Waals surface area contributed by atoms with E-state index in [1.807, 2.05) is 11.8 Å². The summed E-state index contributed by atoms with van der Waals surface area (Å²) in [4.78, 5) is 0. The molecule has 116 valence electrons. The van der Waals surface area contributed by atoms with Crippen LogP contribution in [-0.4, -0.2) is 22.0 Å². The molecule has 2 nitrogen and oxygen atoms in total. The number of thioether (sulfide) groups is 1. The van der Waals surface area contributed by atoms with E-state index in [-0.39, 0.29) is 5.56 Å². The Kier molecular flexibility index (Phi) is 3.60. The molecule has 0 saturated carbocycles. The molecule has 21 heavy (non-hydrogen) atoms. The lowest BCUT2D eigenvalue weighted by Gasteiger charge is -2.36. The predicted molar refractivity (Wildman–Crippen MR) is 70.6 cm³/mol. The fourth-order valence-electron chi connectivity index (χ4n) is 3.21. The molecule has 2 bridgehead atoms. The summed E-state index contributed by atoms with van der Waals surface area (Å²) in [5.74, 6) is -1.47. The Morgan fingerprint density at radius 1 is 1.19 bits per heavy atom. The van der Waals surface area contributed by atoms with Gasteiger partial charge in [0.05, 0.1) is 5.60 Å². The van der Waals surface area contributed by atoms with Crippen molar-refractivity contribution < 1.29 is 27.4 Å². The van der Waals surface area contributed by atoms with Crippen molar-refractivity contribution in [2.75, 3.05) is 0 Å². The predicted octanol–water partition coefficient (Wildman–Crippen LogP) is 3.97. The first-order chi connectivity index (χ1) is 9.75. The molecule has 3 rings (SSSR count). The van der Waals surface area contributed by atoms with Crippen LogP contribution in [0.4, 0.5) is 17.6 Å². The second-order valence-corrected chi connectivity index (χ2v) is 7.19. The molecule has 7 heteroatoms. The Morgan fingerprint density at radius 3 is 2.33 bits per heavy atom. The molecular weight excluding hydrogens is 308 g/mol. The average molecular weight is 322 g/mol. The second kappa shape index (κ2) is 5.05. The zero-order valence-corrected chi connectivity index (χ0v) is 11.8. The minimum absolute atomic E-state index is 0.0641. The third-order valence-electron chi connectivity index (χ3n) is 4.00. The van der Waals surface area contributed by atoms with E-state index in [0.717, 1.165) is 18.9 Å². The zero-order chi connectivity index (χ0) is 15.3. The van der Waals surface area contributed by atoms with Crippen LogP contribution in [-0.2, 0) is 5.60 Å². The molecular formula is C14H14F4O2S. The van der Waals surface area contributed by atoms with Gasteiger partial charge in [0.2, 0.25) is 0 Å². The van der Waals surface area contributed by atoms with Crippen molar-refractivity contribution >= 4 is 11.8 Å². The van der Waals surface area contributed by atoms with Crippen molar-refractivity contribution in [1.82, 2.24) is 0 Å². The molecule has 2 atom stereocenters. The molecule has 1 aromatic rings. The van der Waals surface area contributed by atoms with Crippen molar-refractivity contribution in [2.24, 2.45) is 0 Å². The summed E-state index contributed by atoms with van der Waals surface area (Å²) in [5, 5.41) is 11.3. The molecule has 2 heterocycles. The number of benzene rings is 1. The summed E-state index contributed by atoms with van der Waals surface area (Å²) in [6, 6.07) is 2.93. The van der Waals surface area contributed by atoms with Crippen molar-refractivity contribution in [3.8, 4) is 5.75 Å². The van der Waals surface area contributed by atoms with Crippen molar-refractivity contribution in [2.45, 2.75) is 48.1 Å². The molecule has 2 unspecified atom stereocenters. The van der Waals surface area contributed by atoms with E-state index in [9.17, 15) is 22.7 Å². The smallest absolute Gasteiger partial charge is 0.406 e. The van der Waals surface area contributed by atoms with Gasteiger partial charge in [-0.3, -0.25) is 0 Å². The minimum atomic E-state index is -4.86. The van der Waals surface area contributed by atoms with Gasteiger partial charge in [0.25, 0.3) is 0 Å². The van der Waals surface area contributed by atoms with Crippen molar-refractivity contribution in [3.05, 3.63) is 29.6 Å². The van der Waals surface area contributed by atoms with Crippen LogP contribution in [0.2, 0.25) is 0 Å². The standard InChI is InChI=1S/C14H14F4O2S/c15-12-5-8(20-14(16,17)18)1-4-11(12)13(19)6-9-2-3-10(7-13)21-9/h1,4-5,9-10,19H,2-3,6-7H2. The highest BCUT2D eigenvalue weighted by Gasteiger charge is 2.45. The number of hydrogen-bond acceptors (Lipinski definition) is 3. The molecule has 0 aliphatic carbocycles. The quantitative estimate of drug-likeness (QED) is 0.836. The van der Waals surface area contributed by atoms with E-state index in [0.29, 0.717) is 29.4 Å². The number of aliphatic hydroxyl groups is 1. The largest absolute Gasteiger partial charge is 0.573 e. The summed E-state index contributed by atoms with van der Waals surface area (Å²) in [7, 11) is 0. The molecule has 0 aromatic heterocycles. The summed E-state index contributed by atoms with van der Waals surface area (Å²) in [6.07, 6.45) is -2.00. The van der Waals surface area contributed by atoms with E-state index in [1.54, 1.807) is 0 Å². The van der Waals surface area contributed by atoms with E-state index in [1.165, 1.54) is 6.07 Å². The third-order valence-corrected chi connectivity index (χ3v) is 5.58. The number of hydrogen-bond donors (Lipinski definition) is 1. The lowest BCUT2D eigenvalue weighted by molar-refractivity contribution is -0.274. The number of ether oxygens (including phenoxy) is 1. The first-order valence-corrected chi connectivity index (χ1v) is 7.63. The lowest BCUT2D eigenvalue weighted by Crippen LogP contribution is -2.35. The van der Waals surface area contributed by atoms with Crippen LogP contribution in [0.25, 0.3) is 0 Å². The van der Waals surface area contributed by atoms with Gasteiger partial charge in [0, 0.05) is 22.1 Å². The second-order valence-electron chi connectivity index (χ2n) is 5.59. The van der Waals surface area contributed by atoms with Crippen LogP contribution in [0, 0.1) is 5.82 Å². The van der Waals surface area contributed by atoms with Crippen LogP contribution in [0.1, 0.15) is 31.2 Å². The van der Waals surface area contributed by atoms with Crippen LogP contribution in [0.3, 0.4) is 0 Å². The molecule has 2 fully saturated rings. The lowest BCUT2D eigenvalue weighted by atomic mass is 9.85. The van der Waals surface area contributed by atoms with Crippen LogP contribution in [0.5, 0.6) is 5.75 Å². The topological polar surface area (TPSA) is 29.5 Å². The van der Waals surface area contributed by atoms with Gasteiger partial charge in [0.15, 0.2) is 0 Å². The first-order valence-electron chi connectivity index (χ1n) is 6.69. The van der Waals surface area contributed by atoms with Gasteiger partial charge in [-0.25, -0.2) is 4.39 Å². The van der Waals surface area contributed by atoms with Crippen LogP contribution in [0.15, 0.2) is 18.2 Å². The van der Waals surface area contributed by atoms with Crippen molar-refractivity contribution in [1.29, 1.82) is 0 Å². The van der Waals surface area contributed by atoms with Crippen LogP contribution >= 0.6 is 11.8 Å². The van der Waals surface area contributed by atoms with Crippen molar-refractivity contribution in [3.63, 3.8) is 0 Å². The fraction of sp³-hybridized carbons (Fsp3) is 0.571. The normalized spacial score (nSPS) is 32.2. The Hall–Kier alpha value is -0.950. The third kappa shape index (κ3) is 3.13. The molecule has 0 spiro atoms. The van der Waals surface area contributed by atoms with Crippen LogP contribution < -0.4 is 4.74 Å². The summed E-state index contributed by atoms with van der Waals surface area (Å²) < 4.78 is 54.2. The molecule has 2 aliphatic heterocycles. The number of rotatable bonds is 2. The summed E-state index contributed by atoms with van der Waals surface area (Å²) >= 11 is 1.81. The highest BCUT2D eigenvalue weighted by atomic mass is 32.2. The Balaban J connectivity index is 1.85. The maximum atomic E-state index is 14.1. The first kappa shape index (κ1) is 15.0. The fourth-order valence-corrected chi connectivity index (χ4v) is 5.04. The summed E-state index contributed by atoms with van der Waals surface area (Å²) in [5.41, 5.74) is -1.23. The Morgan fingerprint density at radius 2 is 1.81 bits per heavy atom. The average Bonchev–Trinajstić information content (AvgIpc) is 2.67. The van der Waals surface area contributed by atoms with E-state index >= 15 is 0 Å². The van der Waals surface area contributed by atoms with Gasteiger partial charge in [-0.2, -0.15) is 11.8 Å². The van der Waals surface area contributed by atoms with Gasteiger partial charge in [-0.05, 0) is 37.8 Å². The van der Waals surface area contributed by atoms with E-state index in [4.69, 9.17) is 0 Å². The monoisotopic (exact) mass is 322 g/mol. The zero-order valence-electron chi connectivity index (χ0n) is 11.0. The van der Waals surface area contributed by atoms with E-state index in [2.05, 4.69) is 4.74 Å². The maximum absolute atomic E-state index is 14.1. The summed E-state index contributed by atoms with van der Waals surface area (Å²) in [6.45, 7) is 0. The number of fused-ring (bicyclic) bond motifs is 2. The Labute approximate surface area is 123 Å². The van der Waals surface area contributed by atoms with Gasteiger partial charge < -0.3 is 9.84 Å². The number of alkyl halides is 3. The molecule has 1 aromatic carbocycles. The highest BCUT2D eigenvalue weighted by molar-refractivity contribution is 8.00. The van der Waals surface area contributed by atoms with Gasteiger partial charge in [-0.1, -0.05) is 0 Å². The van der Waals surface area contributed by atoms with Gasteiger partial charge in [-0.15, -0.1) is 13.2 Å². The van der Waals surface area contributed by atoms with Gasteiger partial charge in [0.1, 0.15) is 11.6 Å². The molecule has 0 radical (unpaired) electrons. The Bertz CT molecular complexity index is 534. The molecule has 2 saturated heterocycles. The van der Waals surface area contributed by atoms with Gasteiger partial charge >= 0.3 is 6.36 Å². The molecule has 2 aliphatic rings.